The molecule has 0 bridgehead atoms. The number of likely N-dealkylation sites (N-methyl/N-ethyl adjacent to an activating group) is 1. The fourth-order valence-corrected chi connectivity index (χ4v) is 8.95. The molecule has 0 aliphatic carbocycles. The lowest BCUT2D eigenvalue weighted by Gasteiger charge is -2.26. The van der Waals surface area contributed by atoms with Crippen molar-refractivity contribution in [2.75, 3.05) is 47.5 Å². The fraction of sp³-hybridized carbons (Fsp3) is 0.831. The molecule has 0 aromatic rings. The number of rotatable bonds is 58. The van der Waals surface area contributed by atoms with E-state index in [0.717, 1.165) is 64.2 Å². The Labute approximate surface area is 457 Å². The van der Waals surface area contributed by atoms with Crippen LogP contribution in [0.4, 0.5) is 0 Å². The summed E-state index contributed by atoms with van der Waals surface area (Å²) in [5.41, 5.74) is 0. The number of ether oxygens (including phenoxy) is 4. The lowest BCUT2D eigenvalue weighted by molar-refractivity contribution is -0.870. The van der Waals surface area contributed by atoms with Gasteiger partial charge in [-0.15, -0.1) is 0 Å². The first-order chi connectivity index (χ1) is 36.1. The van der Waals surface area contributed by atoms with E-state index in [2.05, 4.69) is 62.5 Å². The number of allylic oxidation sites excluding steroid dienone is 8. The van der Waals surface area contributed by atoms with E-state index in [4.69, 9.17) is 18.9 Å². The highest BCUT2D eigenvalue weighted by Gasteiger charge is 2.22. The van der Waals surface area contributed by atoms with Gasteiger partial charge in [-0.05, 0) is 77.0 Å². The molecule has 0 radical (unpaired) electrons. The Balaban J connectivity index is 4.09. The van der Waals surface area contributed by atoms with Gasteiger partial charge in [0.2, 0.25) is 0 Å². The van der Waals surface area contributed by atoms with Gasteiger partial charge in [0.1, 0.15) is 13.2 Å². The van der Waals surface area contributed by atoms with Crippen molar-refractivity contribution in [3.05, 3.63) is 48.6 Å². The van der Waals surface area contributed by atoms with Gasteiger partial charge in [0.25, 0.3) is 0 Å². The zero-order chi connectivity index (χ0) is 54.1. The molecule has 432 valence electrons. The van der Waals surface area contributed by atoms with Crippen LogP contribution < -0.4 is 5.11 Å². The number of quaternary nitrogens is 1. The summed E-state index contributed by atoms with van der Waals surface area (Å²) in [5, 5.41) is 11.8. The van der Waals surface area contributed by atoms with E-state index < -0.39 is 24.3 Å². The van der Waals surface area contributed by atoms with Crippen molar-refractivity contribution < 1.29 is 42.9 Å². The number of esters is 2. The van der Waals surface area contributed by atoms with Crippen LogP contribution in [-0.2, 0) is 33.3 Å². The molecular formula is C65H119NO8. The predicted molar refractivity (Wildman–Crippen MR) is 311 cm³/mol. The van der Waals surface area contributed by atoms with Gasteiger partial charge in [0.15, 0.2) is 12.4 Å². The van der Waals surface area contributed by atoms with E-state index in [1.807, 2.05) is 21.1 Å². The molecule has 0 amide bonds. The first kappa shape index (κ1) is 71.2. The summed E-state index contributed by atoms with van der Waals surface area (Å²) in [4.78, 5) is 37.3. The molecule has 0 aromatic carbocycles. The number of carbonyl (C=O) groups excluding carboxylic acids is 3. The normalized spacial score (nSPS) is 13.0. The van der Waals surface area contributed by atoms with Gasteiger partial charge < -0.3 is 33.3 Å². The zero-order valence-electron chi connectivity index (χ0n) is 49.2. The number of carboxylic acids is 1. The molecule has 0 N–H and O–H groups in total. The number of hydrogen-bond acceptors (Lipinski definition) is 8. The third kappa shape index (κ3) is 57.0. The van der Waals surface area contributed by atoms with Gasteiger partial charge >= 0.3 is 11.9 Å². The average Bonchev–Trinajstić information content (AvgIpc) is 3.37. The molecular weight excluding hydrogens is 923 g/mol. The van der Waals surface area contributed by atoms with Crippen LogP contribution in [0.15, 0.2) is 48.6 Å². The first-order valence-electron chi connectivity index (χ1n) is 31.3. The maximum absolute atomic E-state index is 12.9. The number of aliphatic carboxylic acids is 1. The van der Waals surface area contributed by atoms with Crippen molar-refractivity contribution in [1.29, 1.82) is 0 Å². The third-order valence-corrected chi connectivity index (χ3v) is 13.8. The summed E-state index contributed by atoms with van der Waals surface area (Å²) in [7, 11) is 5.93. The van der Waals surface area contributed by atoms with Crippen LogP contribution in [0.5, 0.6) is 0 Å². The van der Waals surface area contributed by atoms with Gasteiger partial charge in [-0.1, -0.05) is 249 Å². The second-order valence-electron chi connectivity index (χ2n) is 22.3. The van der Waals surface area contributed by atoms with Gasteiger partial charge in [-0.3, -0.25) is 9.59 Å². The molecule has 9 heteroatoms. The molecule has 74 heavy (non-hydrogen) atoms. The Morgan fingerprint density at radius 1 is 0.405 bits per heavy atom. The van der Waals surface area contributed by atoms with Crippen LogP contribution in [0.1, 0.15) is 290 Å². The fourth-order valence-electron chi connectivity index (χ4n) is 8.95. The molecule has 0 aliphatic heterocycles. The van der Waals surface area contributed by atoms with Crippen LogP contribution in [0.2, 0.25) is 0 Å². The quantitative estimate of drug-likeness (QED) is 0.0195. The van der Waals surface area contributed by atoms with Crippen LogP contribution >= 0.6 is 0 Å². The first-order valence-corrected chi connectivity index (χ1v) is 31.3. The van der Waals surface area contributed by atoms with Crippen molar-refractivity contribution in [3.63, 3.8) is 0 Å². The number of nitrogens with zero attached hydrogens (tertiary/aromatic N) is 1. The molecule has 0 aromatic heterocycles. The van der Waals surface area contributed by atoms with E-state index >= 15 is 0 Å². The topological polar surface area (TPSA) is 111 Å². The van der Waals surface area contributed by atoms with Crippen molar-refractivity contribution >= 4 is 17.9 Å². The van der Waals surface area contributed by atoms with Gasteiger partial charge in [-0.25, -0.2) is 0 Å². The summed E-state index contributed by atoms with van der Waals surface area (Å²) >= 11 is 0. The molecule has 0 aliphatic rings. The molecule has 0 heterocycles. The molecule has 2 atom stereocenters. The summed E-state index contributed by atoms with van der Waals surface area (Å²) in [6, 6.07) is 0. The van der Waals surface area contributed by atoms with E-state index in [9.17, 15) is 19.5 Å². The minimum atomic E-state index is -1.62. The molecule has 0 saturated carbocycles. The third-order valence-electron chi connectivity index (χ3n) is 13.8. The van der Waals surface area contributed by atoms with Crippen LogP contribution in [0, 0.1) is 0 Å². The largest absolute Gasteiger partial charge is 0.545 e. The maximum atomic E-state index is 12.9. The average molecular weight is 1040 g/mol. The lowest BCUT2D eigenvalue weighted by Crippen LogP contribution is -2.44. The molecule has 0 rings (SSSR count). The molecule has 9 nitrogen and oxygen atoms in total. The zero-order valence-corrected chi connectivity index (χ0v) is 49.2. The number of carbonyl (C=O) groups is 3. The van der Waals surface area contributed by atoms with Gasteiger partial charge in [0.05, 0.1) is 40.3 Å². The highest BCUT2D eigenvalue weighted by molar-refractivity contribution is 5.70. The Morgan fingerprint density at radius 3 is 1.09 bits per heavy atom. The van der Waals surface area contributed by atoms with Crippen molar-refractivity contribution in [3.8, 4) is 0 Å². The molecule has 0 spiro atoms. The lowest BCUT2D eigenvalue weighted by atomic mass is 10.0. The van der Waals surface area contributed by atoms with Crippen LogP contribution in [0.25, 0.3) is 0 Å². The summed E-state index contributed by atoms with van der Waals surface area (Å²) in [6.07, 6.45) is 67.5. The standard InChI is InChI=1S/C65H119NO8/c1-6-8-10-12-14-16-18-20-22-24-25-26-27-28-29-30-31-32-33-34-35-36-37-38-39-40-42-44-46-48-50-52-54-56-63(68)74-61(60-73-65(64(69)70)71-58-57-66(3,4)5)59-72-62(67)55-53-51-49-47-45-43-41-23-21-19-17-15-13-11-9-7-2/h18,20,23-25,27-28,41,61,65H,6-17,19,21-22,26,29-40,42-60H2,1-5H3/b20-18-,25-24-,28-27-,41-23-. The Bertz CT molecular complexity index is 1350. The second kappa shape index (κ2) is 56.5. The van der Waals surface area contributed by atoms with Crippen LogP contribution in [-0.4, -0.2) is 82.3 Å². The summed E-state index contributed by atoms with van der Waals surface area (Å²) in [5.74, 6) is -2.28. The number of unbranched alkanes of at least 4 members (excludes halogenated alkanes) is 35. The van der Waals surface area contributed by atoms with E-state index in [0.29, 0.717) is 17.4 Å². The van der Waals surface area contributed by atoms with Crippen molar-refractivity contribution in [2.24, 2.45) is 0 Å². The second-order valence-corrected chi connectivity index (χ2v) is 22.3. The van der Waals surface area contributed by atoms with E-state index in [1.165, 1.54) is 193 Å². The summed E-state index contributed by atoms with van der Waals surface area (Å²) < 4.78 is 22.7. The molecule has 2 unspecified atom stereocenters. The summed E-state index contributed by atoms with van der Waals surface area (Å²) in [6.45, 7) is 4.75. The SMILES string of the molecule is CCCCCCC/C=C\C/C=C\C/C=C\CCCCCCCCCCCCCCCCCCCCC(=O)OC(COC(=O)CCCCCCC/C=C\CCCCCCCCC)COC(OCC[N+](C)(C)C)C(=O)[O-]. The van der Waals surface area contributed by atoms with E-state index in [-0.39, 0.29) is 38.6 Å². The van der Waals surface area contributed by atoms with Gasteiger partial charge in [-0.2, -0.15) is 0 Å². The molecule has 0 fully saturated rings. The van der Waals surface area contributed by atoms with Crippen LogP contribution in [0.3, 0.4) is 0 Å². The van der Waals surface area contributed by atoms with Gasteiger partial charge in [0, 0.05) is 12.8 Å². The number of carboxylic acid groups (broad SMARTS) is 1. The predicted octanol–water partition coefficient (Wildman–Crippen LogP) is 17.3. The Morgan fingerprint density at radius 2 is 0.730 bits per heavy atom. The van der Waals surface area contributed by atoms with Crippen molar-refractivity contribution in [2.45, 2.75) is 302 Å². The monoisotopic (exact) mass is 1040 g/mol. The minimum Gasteiger partial charge on any atom is -0.545 e. The highest BCUT2D eigenvalue weighted by Crippen LogP contribution is 2.17. The van der Waals surface area contributed by atoms with Crippen molar-refractivity contribution in [1.82, 2.24) is 0 Å². The Hall–Kier alpha value is -2.75. The highest BCUT2D eigenvalue weighted by atomic mass is 16.7. The molecule has 0 saturated heterocycles. The smallest absolute Gasteiger partial charge is 0.306 e. The maximum Gasteiger partial charge on any atom is 0.306 e. The minimum absolute atomic E-state index is 0.147. The Kier molecular flexibility index (Phi) is 54.4. The number of hydrogen-bond donors (Lipinski definition) is 0. The van der Waals surface area contributed by atoms with E-state index in [1.54, 1.807) is 0 Å².